The molecule has 0 aliphatic rings. The van der Waals surface area contributed by atoms with Crippen molar-refractivity contribution in [3.8, 4) is 5.69 Å². The van der Waals surface area contributed by atoms with Gasteiger partial charge in [0.15, 0.2) is 5.52 Å². The van der Waals surface area contributed by atoms with Crippen LogP contribution in [0.3, 0.4) is 0 Å². The fourth-order valence-corrected chi connectivity index (χ4v) is 3.18. The first-order valence-electron chi connectivity index (χ1n) is 9.27. The van der Waals surface area contributed by atoms with Crippen molar-refractivity contribution in [3.63, 3.8) is 0 Å². The zero-order chi connectivity index (χ0) is 19.6. The molecule has 0 spiro atoms. The first-order valence-corrected chi connectivity index (χ1v) is 9.27. The summed E-state index contributed by atoms with van der Waals surface area (Å²) in [5.41, 5.74) is 2.38. The molecular formula is C20H25N5O2. The van der Waals surface area contributed by atoms with Crippen molar-refractivity contribution in [2.75, 3.05) is 6.54 Å². The Hall–Kier alpha value is -2.96. The first-order chi connectivity index (χ1) is 13.0. The molecule has 0 aliphatic carbocycles. The number of carbonyl (C=O) groups excluding carboxylic acids is 1. The lowest BCUT2D eigenvalue weighted by Gasteiger charge is -2.14. The lowest BCUT2D eigenvalue weighted by atomic mass is 10.2. The van der Waals surface area contributed by atoms with Crippen molar-refractivity contribution < 1.29 is 4.79 Å². The molecule has 7 nitrogen and oxygen atoms in total. The van der Waals surface area contributed by atoms with Crippen LogP contribution in [0.15, 0.2) is 35.1 Å². The molecule has 0 saturated carbocycles. The lowest BCUT2D eigenvalue weighted by molar-refractivity contribution is -0.124. The summed E-state index contributed by atoms with van der Waals surface area (Å²) >= 11 is 0. The Bertz CT molecular complexity index is 1020. The number of aryl methyl sites for hydroxylation is 2. The predicted octanol–water partition coefficient (Wildman–Crippen LogP) is 2.68. The second-order valence-corrected chi connectivity index (χ2v) is 6.71. The van der Waals surface area contributed by atoms with Crippen LogP contribution < -0.4 is 10.9 Å². The minimum atomic E-state index is -0.695. The van der Waals surface area contributed by atoms with E-state index < -0.39 is 6.04 Å². The van der Waals surface area contributed by atoms with Gasteiger partial charge in [-0.15, -0.1) is 0 Å². The Labute approximate surface area is 158 Å². The van der Waals surface area contributed by atoms with Gasteiger partial charge in [-0.3, -0.25) is 9.59 Å². The van der Waals surface area contributed by atoms with Crippen molar-refractivity contribution >= 4 is 16.8 Å². The molecule has 0 fully saturated rings. The number of hydrogen-bond donors (Lipinski definition) is 1. The van der Waals surface area contributed by atoms with Crippen molar-refractivity contribution in [2.45, 2.75) is 46.6 Å². The number of para-hydroxylation sites is 1. The molecule has 0 aliphatic heterocycles. The molecule has 7 heteroatoms. The van der Waals surface area contributed by atoms with Crippen LogP contribution >= 0.6 is 0 Å². The predicted molar refractivity (Wildman–Crippen MR) is 105 cm³/mol. The molecule has 1 amide bonds. The third kappa shape index (κ3) is 3.49. The van der Waals surface area contributed by atoms with Gasteiger partial charge in [0.05, 0.1) is 22.5 Å². The van der Waals surface area contributed by atoms with Crippen LogP contribution in [0.4, 0.5) is 0 Å². The summed E-state index contributed by atoms with van der Waals surface area (Å²) in [6.07, 6.45) is 1.90. The van der Waals surface area contributed by atoms with Crippen LogP contribution in [-0.2, 0) is 4.79 Å². The number of rotatable bonds is 6. The molecule has 1 atom stereocenters. The van der Waals surface area contributed by atoms with Gasteiger partial charge >= 0.3 is 0 Å². The molecule has 142 valence electrons. The van der Waals surface area contributed by atoms with Crippen LogP contribution in [0.5, 0.6) is 0 Å². The molecule has 0 saturated heterocycles. The monoisotopic (exact) mass is 367 g/mol. The van der Waals surface area contributed by atoms with Gasteiger partial charge < -0.3 is 5.32 Å². The summed E-state index contributed by atoms with van der Waals surface area (Å²) < 4.78 is 2.98. The van der Waals surface area contributed by atoms with E-state index in [2.05, 4.69) is 22.4 Å². The average molecular weight is 367 g/mol. The molecule has 1 aromatic carbocycles. The number of nitrogens with one attached hydrogen (secondary N) is 1. The van der Waals surface area contributed by atoms with Gasteiger partial charge in [-0.25, -0.2) is 9.36 Å². The zero-order valence-corrected chi connectivity index (χ0v) is 16.2. The highest BCUT2D eigenvalue weighted by Gasteiger charge is 2.22. The molecule has 0 radical (unpaired) electrons. The van der Waals surface area contributed by atoms with Crippen LogP contribution in [0, 0.1) is 13.8 Å². The smallest absolute Gasteiger partial charge is 0.295 e. The third-order valence-electron chi connectivity index (χ3n) is 4.72. The Morgan fingerprint density at radius 2 is 1.89 bits per heavy atom. The summed E-state index contributed by atoms with van der Waals surface area (Å²) in [7, 11) is 0. The number of unbranched alkanes of at least 4 members (excludes halogenated alkanes) is 1. The Morgan fingerprint density at radius 1 is 1.19 bits per heavy atom. The number of carbonyl (C=O) groups is 1. The van der Waals surface area contributed by atoms with Gasteiger partial charge in [-0.2, -0.15) is 10.2 Å². The molecule has 3 rings (SSSR count). The fraction of sp³-hybridized carbons (Fsp3) is 0.400. The number of amides is 1. The van der Waals surface area contributed by atoms with Crippen LogP contribution in [-0.4, -0.2) is 32.0 Å². The van der Waals surface area contributed by atoms with Crippen molar-refractivity contribution in [1.29, 1.82) is 0 Å². The molecule has 3 aromatic rings. The molecule has 1 unspecified atom stereocenters. The van der Waals surface area contributed by atoms with Gasteiger partial charge in [0.1, 0.15) is 6.04 Å². The van der Waals surface area contributed by atoms with E-state index in [9.17, 15) is 9.59 Å². The van der Waals surface area contributed by atoms with Crippen molar-refractivity contribution in [1.82, 2.24) is 24.9 Å². The Kier molecular flexibility index (Phi) is 5.39. The van der Waals surface area contributed by atoms with E-state index in [0.29, 0.717) is 17.8 Å². The van der Waals surface area contributed by atoms with Gasteiger partial charge in [0.25, 0.3) is 5.56 Å². The molecule has 0 bridgehead atoms. The number of nitrogens with zero attached hydrogens (tertiary/aromatic N) is 4. The molecular weight excluding hydrogens is 342 g/mol. The Morgan fingerprint density at radius 3 is 2.56 bits per heavy atom. The van der Waals surface area contributed by atoms with E-state index in [-0.39, 0.29) is 11.5 Å². The highest BCUT2D eigenvalue weighted by Crippen LogP contribution is 2.21. The van der Waals surface area contributed by atoms with Crippen LogP contribution in [0.1, 0.15) is 44.1 Å². The topological polar surface area (TPSA) is 81.8 Å². The number of hydrogen-bond acceptors (Lipinski definition) is 4. The quantitative estimate of drug-likeness (QED) is 0.679. The minimum Gasteiger partial charge on any atom is -0.354 e. The summed E-state index contributed by atoms with van der Waals surface area (Å²) in [5, 5.41) is 12.5. The molecule has 27 heavy (non-hydrogen) atoms. The standard InChI is InChI=1S/C20H25N5O2/c1-5-6-12-21-19(26)15(4)25-20(27)18-17(13(2)22-25)14(3)24(23-18)16-10-8-7-9-11-16/h7-11,15H,5-6,12H2,1-4H3,(H,21,26). The molecule has 1 N–H and O–H groups in total. The highest BCUT2D eigenvalue weighted by molar-refractivity contribution is 5.84. The zero-order valence-electron chi connectivity index (χ0n) is 16.2. The summed E-state index contributed by atoms with van der Waals surface area (Å²) in [6.45, 7) is 8.09. The third-order valence-corrected chi connectivity index (χ3v) is 4.72. The maximum absolute atomic E-state index is 13.0. The number of aromatic nitrogens is 4. The number of fused-ring (bicyclic) bond motifs is 1. The summed E-state index contributed by atoms with van der Waals surface area (Å²) in [5.74, 6) is -0.212. The molecule has 2 aromatic heterocycles. The van der Waals surface area contributed by atoms with E-state index in [1.54, 1.807) is 11.6 Å². The SMILES string of the molecule is CCCCNC(=O)C(C)n1nc(C)c2c(C)n(-c3ccccc3)nc2c1=O. The largest absolute Gasteiger partial charge is 0.354 e. The molecule has 2 heterocycles. The number of benzene rings is 1. The highest BCUT2D eigenvalue weighted by atomic mass is 16.2. The second kappa shape index (κ2) is 7.73. The fourth-order valence-electron chi connectivity index (χ4n) is 3.18. The lowest BCUT2D eigenvalue weighted by Crippen LogP contribution is -2.37. The van der Waals surface area contributed by atoms with Crippen molar-refractivity contribution in [3.05, 3.63) is 52.1 Å². The average Bonchev–Trinajstić information content (AvgIpc) is 3.03. The maximum atomic E-state index is 13.0. The van der Waals surface area contributed by atoms with E-state index in [4.69, 9.17) is 0 Å². The summed E-state index contributed by atoms with van der Waals surface area (Å²) in [6, 6.07) is 8.95. The van der Waals surface area contributed by atoms with Gasteiger partial charge in [-0.05, 0) is 39.3 Å². The van der Waals surface area contributed by atoms with E-state index in [0.717, 1.165) is 29.6 Å². The summed E-state index contributed by atoms with van der Waals surface area (Å²) in [4.78, 5) is 25.4. The van der Waals surface area contributed by atoms with Gasteiger partial charge in [0, 0.05) is 6.54 Å². The van der Waals surface area contributed by atoms with E-state index in [1.807, 2.05) is 44.2 Å². The van der Waals surface area contributed by atoms with E-state index in [1.165, 1.54) is 4.68 Å². The van der Waals surface area contributed by atoms with Crippen LogP contribution in [0.25, 0.3) is 16.6 Å². The normalized spacial score (nSPS) is 12.3. The van der Waals surface area contributed by atoms with Crippen molar-refractivity contribution in [2.24, 2.45) is 0 Å². The van der Waals surface area contributed by atoms with Crippen LogP contribution in [0.2, 0.25) is 0 Å². The van der Waals surface area contributed by atoms with E-state index >= 15 is 0 Å². The minimum absolute atomic E-state index is 0.212. The first kappa shape index (κ1) is 18.8. The Balaban J connectivity index is 2.06. The van der Waals surface area contributed by atoms with Gasteiger partial charge in [0.2, 0.25) is 5.91 Å². The second-order valence-electron chi connectivity index (χ2n) is 6.71. The maximum Gasteiger partial charge on any atom is 0.295 e. The van der Waals surface area contributed by atoms with Gasteiger partial charge in [-0.1, -0.05) is 31.5 Å².